The standard InChI is InChI=1S/C13H17BrClNO/c1-16(9-4-2-3-8-15)13(17)11-6-5-7-12(14)10-11/h5-7,10H,2-4,8-9H2,1H3. The Balaban J connectivity index is 2.46. The quantitative estimate of drug-likeness (QED) is 0.575. The second-order valence-electron chi connectivity index (χ2n) is 3.99. The van der Waals surface area contributed by atoms with E-state index in [4.69, 9.17) is 11.6 Å². The Morgan fingerprint density at radius 1 is 1.35 bits per heavy atom. The van der Waals surface area contributed by atoms with Crippen LogP contribution in [0.2, 0.25) is 0 Å². The van der Waals surface area contributed by atoms with E-state index in [-0.39, 0.29) is 5.91 Å². The summed E-state index contributed by atoms with van der Waals surface area (Å²) in [6.07, 6.45) is 3.09. The topological polar surface area (TPSA) is 20.3 Å². The van der Waals surface area contributed by atoms with E-state index < -0.39 is 0 Å². The molecule has 0 N–H and O–H groups in total. The van der Waals surface area contributed by atoms with Crippen LogP contribution in [0.1, 0.15) is 29.6 Å². The molecule has 0 aliphatic carbocycles. The van der Waals surface area contributed by atoms with Crippen molar-refractivity contribution in [1.82, 2.24) is 4.90 Å². The zero-order valence-electron chi connectivity index (χ0n) is 9.96. The summed E-state index contributed by atoms with van der Waals surface area (Å²) in [5, 5.41) is 0. The van der Waals surface area contributed by atoms with Gasteiger partial charge in [-0.1, -0.05) is 28.4 Å². The van der Waals surface area contributed by atoms with E-state index in [1.54, 1.807) is 4.90 Å². The number of hydrogen-bond acceptors (Lipinski definition) is 1. The summed E-state index contributed by atoms with van der Waals surface area (Å²) in [5.74, 6) is 0.765. The summed E-state index contributed by atoms with van der Waals surface area (Å²) in [7, 11) is 1.84. The fraction of sp³-hybridized carbons (Fsp3) is 0.462. The molecule has 0 spiro atoms. The van der Waals surface area contributed by atoms with E-state index in [0.717, 1.165) is 35.8 Å². The molecule has 4 heteroatoms. The number of amides is 1. The molecule has 0 unspecified atom stereocenters. The van der Waals surface area contributed by atoms with Crippen molar-refractivity contribution < 1.29 is 4.79 Å². The van der Waals surface area contributed by atoms with Gasteiger partial charge in [0.05, 0.1) is 0 Å². The number of alkyl halides is 1. The average Bonchev–Trinajstić information content (AvgIpc) is 2.33. The molecule has 0 aromatic heterocycles. The molecule has 17 heavy (non-hydrogen) atoms. The van der Waals surface area contributed by atoms with Crippen LogP contribution in [0.25, 0.3) is 0 Å². The summed E-state index contributed by atoms with van der Waals surface area (Å²) < 4.78 is 0.930. The third-order valence-electron chi connectivity index (χ3n) is 2.55. The Labute approximate surface area is 116 Å². The van der Waals surface area contributed by atoms with Crippen molar-refractivity contribution in [2.45, 2.75) is 19.3 Å². The van der Waals surface area contributed by atoms with Crippen LogP contribution in [0.15, 0.2) is 28.7 Å². The predicted octanol–water partition coefficient (Wildman–Crippen LogP) is 3.93. The normalized spacial score (nSPS) is 10.3. The highest BCUT2D eigenvalue weighted by molar-refractivity contribution is 9.10. The van der Waals surface area contributed by atoms with Crippen LogP contribution in [0.3, 0.4) is 0 Å². The van der Waals surface area contributed by atoms with Gasteiger partial charge in [-0.25, -0.2) is 0 Å². The third kappa shape index (κ3) is 5.09. The first-order chi connectivity index (χ1) is 8.15. The fourth-order valence-electron chi connectivity index (χ4n) is 1.56. The molecule has 0 atom stereocenters. The Kier molecular flexibility index (Phi) is 6.60. The third-order valence-corrected chi connectivity index (χ3v) is 3.31. The lowest BCUT2D eigenvalue weighted by atomic mass is 10.2. The SMILES string of the molecule is CN(CCCCCCl)C(=O)c1cccc(Br)c1. The molecule has 1 rings (SSSR count). The molecule has 0 bridgehead atoms. The van der Waals surface area contributed by atoms with Crippen LogP contribution in [-0.4, -0.2) is 30.3 Å². The molecule has 94 valence electrons. The van der Waals surface area contributed by atoms with Gasteiger partial charge in [-0.3, -0.25) is 4.79 Å². The molecule has 2 nitrogen and oxygen atoms in total. The molecule has 0 saturated heterocycles. The van der Waals surface area contributed by atoms with E-state index >= 15 is 0 Å². The molecule has 0 heterocycles. The van der Waals surface area contributed by atoms with Crippen molar-refractivity contribution in [1.29, 1.82) is 0 Å². The maximum atomic E-state index is 12.0. The molecular formula is C13H17BrClNO. The molecule has 0 aliphatic rings. The van der Waals surface area contributed by atoms with E-state index in [1.807, 2.05) is 31.3 Å². The first-order valence-electron chi connectivity index (χ1n) is 5.72. The van der Waals surface area contributed by atoms with Gasteiger partial charge in [-0.05, 0) is 31.0 Å². The lowest BCUT2D eigenvalue weighted by Gasteiger charge is -2.17. The lowest BCUT2D eigenvalue weighted by molar-refractivity contribution is 0.0792. The number of hydrogen-bond donors (Lipinski definition) is 0. The van der Waals surface area contributed by atoms with Crippen molar-refractivity contribution in [3.05, 3.63) is 34.3 Å². The van der Waals surface area contributed by atoms with Gasteiger partial charge in [0.25, 0.3) is 5.91 Å². The monoisotopic (exact) mass is 317 g/mol. The molecule has 0 aliphatic heterocycles. The summed E-state index contributed by atoms with van der Waals surface area (Å²) in [6.45, 7) is 0.780. The Hall–Kier alpha value is -0.540. The molecule has 1 aromatic carbocycles. The zero-order valence-corrected chi connectivity index (χ0v) is 12.3. The predicted molar refractivity (Wildman–Crippen MR) is 75.7 cm³/mol. The van der Waals surface area contributed by atoms with Gasteiger partial charge >= 0.3 is 0 Å². The van der Waals surface area contributed by atoms with E-state index in [0.29, 0.717) is 5.88 Å². The van der Waals surface area contributed by atoms with E-state index in [1.165, 1.54) is 0 Å². The summed E-state index contributed by atoms with van der Waals surface area (Å²) in [4.78, 5) is 13.8. The molecule has 0 saturated carbocycles. The van der Waals surface area contributed by atoms with E-state index in [2.05, 4.69) is 15.9 Å². The molecule has 0 radical (unpaired) electrons. The number of rotatable bonds is 6. The van der Waals surface area contributed by atoms with Gasteiger partial charge in [-0.2, -0.15) is 0 Å². The molecule has 1 amide bonds. The maximum absolute atomic E-state index is 12.0. The van der Waals surface area contributed by atoms with Crippen molar-refractivity contribution in [2.24, 2.45) is 0 Å². The average molecular weight is 319 g/mol. The van der Waals surface area contributed by atoms with Crippen molar-refractivity contribution >= 4 is 33.4 Å². The number of unbranched alkanes of at least 4 members (excludes halogenated alkanes) is 2. The van der Waals surface area contributed by atoms with Gasteiger partial charge < -0.3 is 4.90 Å². The summed E-state index contributed by atoms with van der Waals surface area (Å²) >= 11 is 8.97. The van der Waals surface area contributed by atoms with Gasteiger partial charge in [0.2, 0.25) is 0 Å². The minimum absolute atomic E-state index is 0.0668. The lowest BCUT2D eigenvalue weighted by Crippen LogP contribution is -2.27. The number of halogens is 2. The van der Waals surface area contributed by atoms with E-state index in [9.17, 15) is 4.79 Å². The van der Waals surface area contributed by atoms with Crippen LogP contribution in [0.5, 0.6) is 0 Å². The van der Waals surface area contributed by atoms with Crippen LogP contribution in [-0.2, 0) is 0 Å². The number of carbonyl (C=O) groups is 1. The van der Waals surface area contributed by atoms with Crippen LogP contribution in [0.4, 0.5) is 0 Å². The minimum atomic E-state index is 0.0668. The van der Waals surface area contributed by atoms with Crippen molar-refractivity contribution in [3.8, 4) is 0 Å². The van der Waals surface area contributed by atoms with Crippen LogP contribution < -0.4 is 0 Å². The molecule has 0 fully saturated rings. The highest BCUT2D eigenvalue weighted by atomic mass is 79.9. The van der Waals surface area contributed by atoms with Gasteiger partial charge in [0.15, 0.2) is 0 Å². The Bertz CT molecular complexity index is 370. The van der Waals surface area contributed by atoms with Gasteiger partial charge in [-0.15, -0.1) is 11.6 Å². The number of benzene rings is 1. The highest BCUT2D eigenvalue weighted by Crippen LogP contribution is 2.13. The van der Waals surface area contributed by atoms with Crippen LogP contribution >= 0.6 is 27.5 Å². The zero-order chi connectivity index (χ0) is 12.7. The first kappa shape index (κ1) is 14.5. The largest absolute Gasteiger partial charge is 0.342 e. The highest BCUT2D eigenvalue weighted by Gasteiger charge is 2.10. The smallest absolute Gasteiger partial charge is 0.253 e. The molecule has 1 aromatic rings. The Morgan fingerprint density at radius 2 is 2.12 bits per heavy atom. The second kappa shape index (κ2) is 7.72. The second-order valence-corrected chi connectivity index (χ2v) is 5.28. The summed E-state index contributed by atoms with van der Waals surface area (Å²) in [6, 6.07) is 7.47. The molecular weight excluding hydrogens is 302 g/mol. The maximum Gasteiger partial charge on any atom is 0.253 e. The number of carbonyl (C=O) groups excluding carboxylic acids is 1. The Morgan fingerprint density at radius 3 is 2.76 bits per heavy atom. The van der Waals surface area contributed by atoms with Gasteiger partial charge in [0, 0.05) is 29.5 Å². The van der Waals surface area contributed by atoms with Crippen LogP contribution in [0, 0.1) is 0 Å². The van der Waals surface area contributed by atoms with Gasteiger partial charge in [0.1, 0.15) is 0 Å². The first-order valence-corrected chi connectivity index (χ1v) is 7.05. The summed E-state index contributed by atoms with van der Waals surface area (Å²) in [5.41, 5.74) is 0.721. The van der Waals surface area contributed by atoms with Crippen molar-refractivity contribution in [3.63, 3.8) is 0 Å². The minimum Gasteiger partial charge on any atom is -0.342 e. The fourth-order valence-corrected chi connectivity index (χ4v) is 2.15. The number of nitrogens with zero attached hydrogens (tertiary/aromatic N) is 1. The van der Waals surface area contributed by atoms with Crippen molar-refractivity contribution in [2.75, 3.05) is 19.5 Å².